The van der Waals surface area contributed by atoms with Gasteiger partial charge >= 0.3 is 6.03 Å². The average molecular weight is 512 g/mol. The number of ether oxygens (including phenoxy) is 2. The minimum Gasteiger partial charge on any atom is -0.496 e. The summed E-state index contributed by atoms with van der Waals surface area (Å²) in [7, 11) is 4.79. The maximum Gasteiger partial charge on any atom is 0.319 e. The zero-order chi connectivity index (χ0) is 26.2. The maximum atomic E-state index is 13.2. The number of tetrazole rings is 1. The van der Waals surface area contributed by atoms with Crippen molar-refractivity contribution >= 4 is 11.7 Å². The number of urea groups is 1. The first-order chi connectivity index (χ1) is 18.0. The SMILES string of the molecule is COc1ccc(NC(=O)NCCCN2CCCC(Cc3ccc(F)cc3)C2)c(OC)c1-c1nnnn1C. The van der Waals surface area contributed by atoms with Crippen molar-refractivity contribution in [3.63, 3.8) is 0 Å². The van der Waals surface area contributed by atoms with Crippen molar-refractivity contribution in [2.75, 3.05) is 45.7 Å². The van der Waals surface area contributed by atoms with Gasteiger partial charge in [0.2, 0.25) is 0 Å². The molecule has 2 heterocycles. The number of methoxy groups -OCH3 is 2. The summed E-state index contributed by atoms with van der Waals surface area (Å²) < 4.78 is 25.8. The summed E-state index contributed by atoms with van der Waals surface area (Å²) in [5.41, 5.74) is 2.22. The molecule has 2 amide bonds. The molecule has 0 bridgehead atoms. The molecule has 1 aliphatic heterocycles. The van der Waals surface area contributed by atoms with E-state index in [-0.39, 0.29) is 11.8 Å². The largest absolute Gasteiger partial charge is 0.496 e. The van der Waals surface area contributed by atoms with Crippen LogP contribution in [0.2, 0.25) is 0 Å². The summed E-state index contributed by atoms with van der Waals surface area (Å²) in [6, 6.07) is 9.95. The summed E-state index contributed by atoms with van der Waals surface area (Å²) in [5.74, 6) is 1.76. The zero-order valence-electron chi connectivity index (χ0n) is 21.5. The number of aryl methyl sites for hydroxylation is 1. The third kappa shape index (κ3) is 6.73. The lowest BCUT2D eigenvalue weighted by molar-refractivity contribution is 0.172. The first-order valence-corrected chi connectivity index (χ1v) is 12.5. The summed E-state index contributed by atoms with van der Waals surface area (Å²) in [5, 5.41) is 17.4. The van der Waals surface area contributed by atoms with Crippen molar-refractivity contribution in [3.8, 4) is 22.9 Å². The number of hydrogen-bond donors (Lipinski definition) is 2. The first-order valence-electron chi connectivity index (χ1n) is 12.5. The van der Waals surface area contributed by atoms with Crippen LogP contribution in [-0.2, 0) is 13.5 Å². The van der Waals surface area contributed by atoms with E-state index in [1.165, 1.54) is 35.9 Å². The van der Waals surface area contributed by atoms with Gasteiger partial charge in [-0.2, -0.15) is 0 Å². The molecule has 1 aliphatic rings. The molecule has 1 saturated heterocycles. The van der Waals surface area contributed by atoms with Crippen LogP contribution in [-0.4, -0.2) is 71.5 Å². The maximum absolute atomic E-state index is 13.2. The second kappa shape index (κ2) is 12.5. The molecule has 0 spiro atoms. The summed E-state index contributed by atoms with van der Waals surface area (Å²) >= 11 is 0. The number of halogens is 1. The Morgan fingerprint density at radius 1 is 1.16 bits per heavy atom. The van der Waals surface area contributed by atoms with E-state index in [0.717, 1.165) is 38.9 Å². The quantitative estimate of drug-likeness (QED) is 0.401. The highest BCUT2D eigenvalue weighted by Crippen LogP contribution is 2.42. The molecule has 1 unspecified atom stereocenters. The van der Waals surface area contributed by atoms with E-state index in [2.05, 4.69) is 31.1 Å². The Morgan fingerprint density at radius 2 is 1.97 bits per heavy atom. The second-order valence-corrected chi connectivity index (χ2v) is 9.22. The smallest absolute Gasteiger partial charge is 0.319 e. The molecule has 1 fully saturated rings. The molecule has 0 saturated carbocycles. The predicted octanol–water partition coefficient (Wildman–Crippen LogP) is 3.50. The molecule has 0 radical (unpaired) electrons. The number of amides is 2. The normalized spacial score (nSPS) is 15.8. The Bertz CT molecular complexity index is 1190. The molecule has 11 heteroatoms. The number of rotatable bonds is 10. The van der Waals surface area contributed by atoms with Crippen LogP contribution in [0.5, 0.6) is 11.5 Å². The first kappa shape index (κ1) is 26.3. The number of aromatic nitrogens is 4. The Morgan fingerprint density at radius 3 is 2.68 bits per heavy atom. The van der Waals surface area contributed by atoms with Gasteiger partial charge in [-0.05, 0) is 84.9 Å². The molecular weight excluding hydrogens is 477 g/mol. The number of nitrogens with zero attached hydrogens (tertiary/aromatic N) is 5. The van der Waals surface area contributed by atoms with Crippen LogP contribution in [0, 0.1) is 11.7 Å². The topological polar surface area (TPSA) is 106 Å². The van der Waals surface area contributed by atoms with Gasteiger partial charge in [-0.1, -0.05) is 12.1 Å². The van der Waals surface area contributed by atoms with Crippen molar-refractivity contribution in [3.05, 3.63) is 47.8 Å². The number of carbonyl (C=O) groups excluding carboxylic acids is 1. The van der Waals surface area contributed by atoms with Gasteiger partial charge < -0.3 is 25.0 Å². The molecule has 10 nitrogen and oxygen atoms in total. The molecule has 2 aromatic carbocycles. The van der Waals surface area contributed by atoms with Crippen LogP contribution in [0.3, 0.4) is 0 Å². The average Bonchev–Trinajstić information content (AvgIpc) is 3.33. The van der Waals surface area contributed by atoms with E-state index in [4.69, 9.17) is 9.47 Å². The third-order valence-electron chi connectivity index (χ3n) is 6.61. The van der Waals surface area contributed by atoms with Crippen molar-refractivity contribution in [1.82, 2.24) is 30.4 Å². The molecule has 1 atom stereocenters. The molecule has 1 aromatic heterocycles. The standard InChI is InChI=1S/C26H34FN7O3/c1-33-25(30-31-32-33)23-22(36-2)12-11-21(24(23)37-3)29-26(35)28-13-5-15-34-14-4-6-19(17-34)16-18-7-9-20(27)10-8-18/h7-12,19H,4-6,13-17H2,1-3H3,(H2,28,29,35). The molecule has 198 valence electrons. The van der Waals surface area contributed by atoms with E-state index in [0.29, 0.717) is 41.0 Å². The number of likely N-dealkylation sites (tertiary alicyclic amines) is 1. The Balaban J connectivity index is 1.27. The highest BCUT2D eigenvalue weighted by molar-refractivity contribution is 5.93. The van der Waals surface area contributed by atoms with Gasteiger partial charge in [0.25, 0.3) is 0 Å². The molecular formula is C26H34FN7O3. The number of hydrogen-bond acceptors (Lipinski definition) is 7. The van der Waals surface area contributed by atoms with Crippen molar-refractivity contribution in [2.45, 2.75) is 25.7 Å². The van der Waals surface area contributed by atoms with E-state index in [9.17, 15) is 9.18 Å². The molecule has 4 rings (SSSR count). The summed E-state index contributed by atoms with van der Waals surface area (Å²) in [4.78, 5) is 15.1. The third-order valence-corrected chi connectivity index (χ3v) is 6.61. The van der Waals surface area contributed by atoms with Gasteiger partial charge in [-0.3, -0.25) is 0 Å². The minimum atomic E-state index is -0.321. The van der Waals surface area contributed by atoms with E-state index < -0.39 is 0 Å². The molecule has 2 N–H and O–H groups in total. The van der Waals surface area contributed by atoms with Gasteiger partial charge in [-0.25, -0.2) is 13.9 Å². The van der Waals surface area contributed by atoms with Gasteiger partial charge in [-0.15, -0.1) is 5.10 Å². The Hall–Kier alpha value is -3.73. The van der Waals surface area contributed by atoms with Crippen molar-refractivity contribution in [1.29, 1.82) is 0 Å². The predicted molar refractivity (Wildman–Crippen MR) is 138 cm³/mol. The van der Waals surface area contributed by atoms with Crippen LogP contribution < -0.4 is 20.1 Å². The molecule has 0 aliphatic carbocycles. The van der Waals surface area contributed by atoms with Gasteiger partial charge in [0.05, 0.1) is 19.9 Å². The van der Waals surface area contributed by atoms with Crippen LogP contribution >= 0.6 is 0 Å². The number of carbonyl (C=O) groups is 1. The van der Waals surface area contributed by atoms with Crippen molar-refractivity contribution < 1.29 is 18.7 Å². The fourth-order valence-electron chi connectivity index (χ4n) is 4.84. The highest BCUT2D eigenvalue weighted by Gasteiger charge is 2.23. The highest BCUT2D eigenvalue weighted by atomic mass is 19.1. The minimum absolute atomic E-state index is 0.195. The fourth-order valence-corrected chi connectivity index (χ4v) is 4.84. The number of benzene rings is 2. The Labute approximate surface area is 216 Å². The zero-order valence-corrected chi connectivity index (χ0v) is 21.5. The van der Waals surface area contributed by atoms with Gasteiger partial charge in [0, 0.05) is 20.1 Å². The van der Waals surface area contributed by atoms with E-state index >= 15 is 0 Å². The van der Waals surface area contributed by atoms with E-state index in [1.807, 2.05) is 12.1 Å². The van der Waals surface area contributed by atoms with Crippen LogP contribution in [0.1, 0.15) is 24.8 Å². The summed E-state index contributed by atoms with van der Waals surface area (Å²) in [6.45, 7) is 3.54. The lowest BCUT2D eigenvalue weighted by atomic mass is 9.91. The molecule has 37 heavy (non-hydrogen) atoms. The summed E-state index contributed by atoms with van der Waals surface area (Å²) in [6.07, 6.45) is 4.14. The van der Waals surface area contributed by atoms with Gasteiger partial charge in [0.1, 0.15) is 17.1 Å². The number of piperidine rings is 1. The van der Waals surface area contributed by atoms with Crippen LogP contribution in [0.25, 0.3) is 11.4 Å². The lowest BCUT2D eigenvalue weighted by Crippen LogP contribution is -2.38. The van der Waals surface area contributed by atoms with Crippen molar-refractivity contribution in [2.24, 2.45) is 13.0 Å². The molecule has 3 aromatic rings. The lowest BCUT2D eigenvalue weighted by Gasteiger charge is -2.32. The fraction of sp³-hybridized carbons (Fsp3) is 0.462. The van der Waals surface area contributed by atoms with Gasteiger partial charge in [0.15, 0.2) is 11.6 Å². The monoisotopic (exact) mass is 511 g/mol. The second-order valence-electron chi connectivity index (χ2n) is 9.22. The van der Waals surface area contributed by atoms with Crippen LogP contribution in [0.15, 0.2) is 36.4 Å². The number of nitrogens with one attached hydrogen (secondary N) is 2. The number of anilines is 1. The van der Waals surface area contributed by atoms with Crippen LogP contribution in [0.4, 0.5) is 14.9 Å². The van der Waals surface area contributed by atoms with E-state index in [1.54, 1.807) is 26.3 Å². The Kier molecular flexibility index (Phi) is 8.89.